The summed E-state index contributed by atoms with van der Waals surface area (Å²) >= 11 is 0. The number of halogens is 3. The van der Waals surface area contributed by atoms with Crippen molar-refractivity contribution >= 4 is 0 Å². The Morgan fingerprint density at radius 3 is 2.47 bits per heavy atom. The second-order valence-electron chi connectivity index (χ2n) is 4.40. The molecule has 5 heteroatoms. The van der Waals surface area contributed by atoms with Gasteiger partial charge in [0.15, 0.2) is 0 Å². The summed E-state index contributed by atoms with van der Waals surface area (Å²) in [6.45, 7) is 0. The minimum Gasteiger partial charge on any atom is -0.496 e. The molecule has 1 aromatic carbocycles. The fourth-order valence-corrected chi connectivity index (χ4v) is 1.86. The Labute approximate surface area is 97.0 Å². The Balaban J connectivity index is 2.38. The Morgan fingerprint density at radius 2 is 2.00 bits per heavy atom. The lowest BCUT2D eigenvalue weighted by Gasteiger charge is -2.17. The van der Waals surface area contributed by atoms with Crippen LogP contribution in [0.25, 0.3) is 0 Å². The second kappa shape index (κ2) is 3.91. The summed E-state index contributed by atoms with van der Waals surface area (Å²) in [5.41, 5.74) is -1.22. The van der Waals surface area contributed by atoms with E-state index in [0.717, 1.165) is 6.07 Å². The topological polar surface area (TPSA) is 29.5 Å². The summed E-state index contributed by atoms with van der Waals surface area (Å²) in [7, 11) is 1.21. The lowest BCUT2D eigenvalue weighted by atomic mass is 10.0. The van der Waals surface area contributed by atoms with E-state index < -0.39 is 17.3 Å². The molecule has 0 saturated heterocycles. The van der Waals surface area contributed by atoms with Crippen LogP contribution in [-0.4, -0.2) is 17.8 Å². The third kappa shape index (κ3) is 2.54. The Hall–Kier alpha value is -1.23. The molecule has 94 valence electrons. The molecule has 0 bridgehead atoms. The van der Waals surface area contributed by atoms with Gasteiger partial charge in [-0.2, -0.15) is 13.2 Å². The maximum atomic E-state index is 12.7. The third-order valence-electron chi connectivity index (χ3n) is 2.95. The monoisotopic (exact) mass is 246 g/mol. The van der Waals surface area contributed by atoms with Gasteiger partial charge in [-0.15, -0.1) is 0 Å². The van der Waals surface area contributed by atoms with Crippen molar-refractivity contribution in [2.75, 3.05) is 7.11 Å². The molecule has 0 radical (unpaired) electrons. The minimum atomic E-state index is -4.44. The molecule has 0 atom stereocenters. The number of alkyl halides is 3. The number of rotatable bonds is 3. The van der Waals surface area contributed by atoms with Crippen molar-refractivity contribution in [3.63, 3.8) is 0 Å². The van der Waals surface area contributed by atoms with E-state index in [2.05, 4.69) is 0 Å². The Morgan fingerprint density at radius 1 is 1.35 bits per heavy atom. The van der Waals surface area contributed by atoms with Crippen molar-refractivity contribution in [3.8, 4) is 5.75 Å². The number of hydrogen-bond acceptors (Lipinski definition) is 2. The molecule has 2 nitrogen and oxygen atoms in total. The van der Waals surface area contributed by atoms with E-state index in [1.807, 2.05) is 0 Å². The maximum Gasteiger partial charge on any atom is 0.419 e. The first-order chi connectivity index (χ1) is 7.86. The molecule has 1 saturated carbocycles. The van der Waals surface area contributed by atoms with Gasteiger partial charge in [-0.05, 0) is 24.5 Å². The molecule has 0 unspecified atom stereocenters. The largest absolute Gasteiger partial charge is 0.496 e. The molecule has 0 aromatic heterocycles. The number of ether oxygens (including phenoxy) is 1. The van der Waals surface area contributed by atoms with E-state index in [-0.39, 0.29) is 12.2 Å². The molecule has 0 spiro atoms. The maximum absolute atomic E-state index is 12.7. The van der Waals surface area contributed by atoms with Gasteiger partial charge in [-0.1, -0.05) is 12.1 Å². The van der Waals surface area contributed by atoms with Crippen molar-refractivity contribution in [2.45, 2.75) is 31.0 Å². The van der Waals surface area contributed by atoms with E-state index >= 15 is 0 Å². The van der Waals surface area contributed by atoms with Crippen LogP contribution in [0.15, 0.2) is 18.2 Å². The van der Waals surface area contributed by atoms with Crippen LogP contribution in [0.2, 0.25) is 0 Å². The molecular formula is C12H13F3O2. The average Bonchev–Trinajstić information content (AvgIpc) is 2.94. The van der Waals surface area contributed by atoms with Crippen LogP contribution in [0.1, 0.15) is 24.0 Å². The summed E-state index contributed by atoms with van der Waals surface area (Å²) in [6.07, 6.45) is -2.97. The Kier molecular flexibility index (Phi) is 2.81. The van der Waals surface area contributed by atoms with Crippen molar-refractivity contribution < 1.29 is 23.0 Å². The summed E-state index contributed by atoms with van der Waals surface area (Å²) in [5.74, 6) is -0.180. The van der Waals surface area contributed by atoms with Crippen LogP contribution in [0.4, 0.5) is 13.2 Å². The molecule has 0 heterocycles. The highest BCUT2D eigenvalue weighted by Crippen LogP contribution is 2.43. The zero-order chi connectivity index (χ0) is 12.7. The smallest absolute Gasteiger partial charge is 0.419 e. The molecule has 1 aliphatic rings. The highest BCUT2D eigenvalue weighted by molar-refractivity contribution is 5.44. The molecule has 1 aromatic rings. The standard InChI is InChI=1S/C12H13F3O2/c1-17-10-8(7-11(16)5-6-11)3-2-4-9(10)12(13,14)15/h2-4,16H,5-7H2,1H3. The molecular weight excluding hydrogens is 233 g/mol. The first kappa shape index (κ1) is 12.2. The molecule has 1 aliphatic carbocycles. The minimum absolute atomic E-state index is 0.180. The van der Waals surface area contributed by atoms with E-state index in [0.29, 0.717) is 18.4 Å². The van der Waals surface area contributed by atoms with E-state index in [1.165, 1.54) is 13.2 Å². The van der Waals surface area contributed by atoms with Crippen LogP contribution in [0.5, 0.6) is 5.75 Å². The summed E-state index contributed by atoms with van der Waals surface area (Å²) in [6, 6.07) is 3.88. The van der Waals surface area contributed by atoms with E-state index in [9.17, 15) is 18.3 Å². The molecule has 0 aliphatic heterocycles. The number of benzene rings is 1. The first-order valence-corrected chi connectivity index (χ1v) is 5.31. The quantitative estimate of drug-likeness (QED) is 0.888. The fourth-order valence-electron chi connectivity index (χ4n) is 1.86. The predicted molar refractivity (Wildman–Crippen MR) is 55.9 cm³/mol. The zero-order valence-electron chi connectivity index (χ0n) is 9.34. The van der Waals surface area contributed by atoms with Crippen molar-refractivity contribution in [2.24, 2.45) is 0 Å². The summed E-state index contributed by atoms with van der Waals surface area (Å²) in [4.78, 5) is 0. The number of methoxy groups -OCH3 is 1. The van der Waals surface area contributed by atoms with Gasteiger partial charge in [-0.25, -0.2) is 0 Å². The van der Waals surface area contributed by atoms with Crippen LogP contribution in [-0.2, 0) is 12.6 Å². The van der Waals surface area contributed by atoms with Crippen LogP contribution in [0.3, 0.4) is 0 Å². The number of para-hydroxylation sites is 1. The first-order valence-electron chi connectivity index (χ1n) is 5.31. The normalized spacial score (nSPS) is 17.9. The lowest BCUT2D eigenvalue weighted by molar-refractivity contribution is -0.138. The predicted octanol–water partition coefficient (Wildman–Crippen LogP) is 2.78. The lowest BCUT2D eigenvalue weighted by Crippen LogP contribution is -2.14. The van der Waals surface area contributed by atoms with Crippen LogP contribution in [0, 0.1) is 0 Å². The number of aliphatic hydroxyl groups is 1. The molecule has 0 amide bonds. The van der Waals surface area contributed by atoms with Crippen LogP contribution >= 0.6 is 0 Å². The van der Waals surface area contributed by atoms with Gasteiger partial charge in [0.2, 0.25) is 0 Å². The van der Waals surface area contributed by atoms with Gasteiger partial charge in [0, 0.05) is 6.42 Å². The molecule has 17 heavy (non-hydrogen) atoms. The summed E-state index contributed by atoms with van der Waals surface area (Å²) in [5, 5.41) is 9.76. The highest BCUT2D eigenvalue weighted by Gasteiger charge is 2.42. The second-order valence-corrected chi connectivity index (χ2v) is 4.40. The van der Waals surface area contributed by atoms with Crippen molar-refractivity contribution in [3.05, 3.63) is 29.3 Å². The Bertz CT molecular complexity index is 422. The average molecular weight is 246 g/mol. The summed E-state index contributed by atoms with van der Waals surface area (Å²) < 4.78 is 43.0. The molecule has 2 rings (SSSR count). The van der Waals surface area contributed by atoms with Crippen LogP contribution < -0.4 is 4.74 Å². The van der Waals surface area contributed by atoms with E-state index in [4.69, 9.17) is 4.74 Å². The van der Waals surface area contributed by atoms with Gasteiger partial charge >= 0.3 is 6.18 Å². The van der Waals surface area contributed by atoms with Gasteiger partial charge in [0.25, 0.3) is 0 Å². The third-order valence-corrected chi connectivity index (χ3v) is 2.95. The van der Waals surface area contributed by atoms with Crippen molar-refractivity contribution in [1.29, 1.82) is 0 Å². The molecule has 1 fully saturated rings. The SMILES string of the molecule is COc1c(CC2(O)CC2)cccc1C(F)(F)F. The van der Waals surface area contributed by atoms with Crippen molar-refractivity contribution in [1.82, 2.24) is 0 Å². The highest BCUT2D eigenvalue weighted by atomic mass is 19.4. The van der Waals surface area contributed by atoms with Gasteiger partial charge in [-0.3, -0.25) is 0 Å². The van der Waals surface area contributed by atoms with E-state index in [1.54, 1.807) is 6.07 Å². The molecule has 1 N–H and O–H groups in total. The van der Waals surface area contributed by atoms with Gasteiger partial charge in [0.1, 0.15) is 5.75 Å². The van der Waals surface area contributed by atoms with Gasteiger partial charge in [0.05, 0.1) is 18.3 Å². The zero-order valence-corrected chi connectivity index (χ0v) is 9.34. The number of hydrogen-bond donors (Lipinski definition) is 1. The fraction of sp³-hybridized carbons (Fsp3) is 0.500. The van der Waals surface area contributed by atoms with Gasteiger partial charge < -0.3 is 9.84 Å².